The molecule has 0 aliphatic rings. The zero-order valence-corrected chi connectivity index (χ0v) is 12.6. The minimum Gasteiger partial charge on any atom is -0.494 e. The standard InChI is InChI=1S/C16H18BrNO/c1-2-10-19-14-7-5-6-13(11-14)12-18-16-9-4-3-8-15(16)17/h3-9,11,18H,2,10,12H2,1H3. The summed E-state index contributed by atoms with van der Waals surface area (Å²) >= 11 is 3.53. The van der Waals surface area contributed by atoms with Crippen LogP contribution in [0.3, 0.4) is 0 Å². The van der Waals surface area contributed by atoms with E-state index in [0.717, 1.165) is 35.5 Å². The minimum absolute atomic E-state index is 0.765. The highest BCUT2D eigenvalue weighted by Gasteiger charge is 2.00. The summed E-state index contributed by atoms with van der Waals surface area (Å²) in [4.78, 5) is 0. The van der Waals surface area contributed by atoms with Gasteiger partial charge in [-0.2, -0.15) is 0 Å². The molecule has 1 N–H and O–H groups in total. The summed E-state index contributed by atoms with van der Waals surface area (Å²) in [6, 6.07) is 16.3. The number of rotatable bonds is 6. The fraction of sp³-hybridized carbons (Fsp3) is 0.250. The van der Waals surface area contributed by atoms with E-state index in [2.05, 4.69) is 46.4 Å². The van der Waals surface area contributed by atoms with E-state index in [9.17, 15) is 0 Å². The van der Waals surface area contributed by atoms with E-state index in [4.69, 9.17) is 4.74 Å². The monoisotopic (exact) mass is 319 g/mol. The normalized spacial score (nSPS) is 10.2. The van der Waals surface area contributed by atoms with E-state index in [1.165, 1.54) is 5.56 Å². The van der Waals surface area contributed by atoms with Gasteiger partial charge in [0.25, 0.3) is 0 Å². The lowest BCUT2D eigenvalue weighted by Crippen LogP contribution is -2.01. The molecule has 100 valence electrons. The number of ether oxygens (including phenoxy) is 1. The predicted molar refractivity (Wildman–Crippen MR) is 83.7 cm³/mol. The van der Waals surface area contributed by atoms with Crippen LogP contribution in [-0.4, -0.2) is 6.61 Å². The minimum atomic E-state index is 0.765. The van der Waals surface area contributed by atoms with E-state index < -0.39 is 0 Å². The average Bonchev–Trinajstić information content (AvgIpc) is 2.45. The van der Waals surface area contributed by atoms with Crippen molar-refractivity contribution in [2.45, 2.75) is 19.9 Å². The molecular weight excluding hydrogens is 302 g/mol. The van der Waals surface area contributed by atoms with Crippen LogP contribution in [0.4, 0.5) is 5.69 Å². The van der Waals surface area contributed by atoms with Crippen molar-refractivity contribution in [3.63, 3.8) is 0 Å². The third kappa shape index (κ3) is 4.28. The number of hydrogen-bond donors (Lipinski definition) is 1. The number of nitrogens with one attached hydrogen (secondary N) is 1. The maximum atomic E-state index is 5.63. The summed E-state index contributed by atoms with van der Waals surface area (Å²) in [6.45, 7) is 3.66. The van der Waals surface area contributed by atoms with Crippen LogP contribution in [0, 0.1) is 0 Å². The van der Waals surface area contributed by atoms with Crippen LogP contribution in [0.25, 0.3) is 0 Å². The molecule has 0 aromatic heterocycles. The lowest BCUT2D eigenvalue weighted by molar-refractivity contribution is 0.317. The third-order valence-corrected chi connectivity index (χ3v) is 3.42. The second kappa shape index (κ2) is 7.19. The Labute approximate surface area is 122 Å². The topological polar surface area (TPSA) is 21.3 Å². The first-order chi connectivity index (χ1) is 9.29. The summed E-state index contributed by atoms with van der Waals surface area (Å²) in [5.74, 6) is 0.938. The zero-order valence-electron chi connectivity index (χ0n) is 11.0. The first-order valence-electron chi connectivity index (χ1n) is 6.49. The van der Waals surface area contributed by atoms with E-state index in [0.29, 0.717) is 0 Å². The molecule has 0 amide bonds. The van der Waals surface area contributed by atoms with E-state index in [1.54, 1.807) is 0 Å². The van der Waals surface area contributed by atoms with Crippen molar-refractivity contribution in [1.82, 2.24) is 0 Å². The first kappa shape index (κ1) is 13.9. The third-order valence-electron chi connectivity index (χ3n) is 2.73. The summed E-state index contributed by atoms with van der Waals surface area (Å²) in [5.41, 5.74) is 2.31. The number of para-hydroxylation sites is 1. The number of anilines is 1. The highest BCUT2D eigenvalue weighted by molar-refractivity contribution is 9.10. The lowest BCUT2D eigenvalue weighted by atomic mass is 10.2. The van der Waals surface area contributed by atoms with Gasteiger partial charge in [-0.15, -0.1) is 0 Å². The lowest BCUT2D eigenvalue weighted by Gasteiger charge is -2.10. The molecule has 0 unspecified atom stereocenters. The molecule has 0 heterocycles. The van der Waals surface area contributed by atoms with Crippen LogP contribution >= 0.6 is 15.9 Å². The second-order valence-corrected chi connectivity index (χ2v) is 5.18. The van der Waals surface area contributed by atoms with Gasteiger partial charge in [0.05, 0.1) is 6.61 Å². The van der Waals surface area contributed by atoms with Crippen molar-refractivity contribution in [2.24, 2.45) is 0 Å². The Balaban J connectivity index is 1.98. The van der Waals surface area contributed by atoms with Gasteiger partial charge in [-0.3, -0.25) is 0 Å². The molecule has 0 radical (unpaired) electrons. The van der Waals surface area contributed by atoms with Crippen LogP contribution in [0.2, 0.25) is 0 Å². The van der Waals surface area contributed by atoms with Gasteiger partial charge in [0.15, 0.2) is 0 Å². The Morgan fingerprint density at radius 1 is 1.11 bits per heavy atom. The number of hydrogen-bond acceptors (Lipinski definition) is 2. The van der Waals surface area contributed by atoms with Gasteiger partial charge in [0.2, 0.25) is 0 Å². The molecule has 0 saturated carbocycles. The first-order valence-corrected chi connectivity index (χ1v) is 7.29. The molecule has 2 rings (SSSR count). The smallest absolute Gasteiger partial charge is 0.119 e. The molecule has 0 spiro atoms. The van der Waals surface area contributed by atoms with Crippen molar-refractivity contribution in [3.8, 4) is 5.75 Å². The SMILES string of the molecule is CCCOc1cccc(CNc2ccccc2Br)c1. The molecule has 0 fully saturated rings. The Kier molecular flexibility index (Phi) is 5.28. The molecule has 0 bridgehead atoms. The van der Waals surface area contributed by atoms with E-state index in [-0.39, 0.29) is 0 Å². The van der Waals surface area contributed by atoms with Crippen molar-refractivity contribution in [1.29, 1.82) is 0 Å². The maximum Gasteiger partial charge on any atom is 0.119 e. The van der Waals surface area contributed by atoms with Gasteiger partial charge >= 0.3 is 0 Å². The molecule has 19 heavy (non-hydrogen) atoms. The Morgan fingerprint density at radius 3 is 2.74 bits per heavy atom. The molecule has 0 aliphatic heterocycles. The molecule has 0 saturated heterocycles. The van der Waals surface area contributed by atoms with Crippen LogP contribution in [0.5, 0.6) is 5.75 Å². The number of benzene rings is 2. The molecule has 0 atom stereocenters. The molecule has 2 aromatic rings. The molecule has 2 nitrogen and oxygen atoms in total. The van der Waals surface area contributed by atoms with Gasteiger partial charge in [0, 0.05) is 16.7 Å². The molecule has 0 aliphatic carbocycles. The Morgan fingerprint density at radius 2 is 1.95 bits per heavy atom. The summed E-state index contributed by atoms with van der Waals surface area (Å²) in [6.07, 6.45) is 1.03. The quantitative estimate of drug-likeness (QED) is 0.821. The molecule has 3 heteroatoms. The van der Waals surface area contributed by atoms with Gasteiger partial charge in [0.1, 0.15) is 5.75 Å². The largest absolute Gasteiger partial charge is 0.494 e. The summed E-state index contributed by atoms with van der Waals surface area (Å²) in [5, 5.41) is 3.41. The van der Waals surface area contributed by atoms with Crippen LogP contribution < -0.4 is 10.1 Å². The maximum absolute atomic E-state index is 5.63. The summed E-state index contributed by atoms with van der Waals surface area (Å²) in [7, 11) is 0. The Bertz CT molecular complexity index is 528. The van der Waals surface area contributed by atoms with Gasteiger partial charge in [-0.1, -0.05) is 31.2 Å². The van der Waals surface area contributed by atoms with Crippen molar-refractivity contribution in [2.75, 3.05) is 11.9 Å². The molecular formula is C16H18BrNO. The Hall–Kier alpha value is -1.48. The predicted octanol–water partition coefficient (Wildman–Crippen LogP) is 4.85. The van der Waals surface area contributed by atoms with Crippen LogP contribution in [0.1, 0.15) is 18.9 Å². The van der Waals surface area contributed by atoms with Crippen molar-refractivity contribution < 1.29 is 4.74 Å². The van der Waals surface area contributed by atoms with E-state index in [1.807, 2.05) is 30.3 Å². The van der Waals surface area contributed by atoms with Gasteiger partial charge in [-0.25, -0.2) is 0 Å². The van der Waals surface area contributed by atoms with Gasteiger partial charge in [-0.05, 0) is 52.2 Å². The van der Waals surface area contributed by atoms with Crippen molar-refractivity contribution >= 4 is 21.6 Å². The van der Waals surface area contributed by atoms with Crippen LogP contribution in [0.15, 0.2) is 53.0 Å². The van der Waals surface area contributed by atoms with E-state index >= 15 is 0 Å². The summed E-state index contributed by atoms with van der Waals surface area (Å²) < 4.78 is 6.71. The number of halogens is 1. The average molecular weight is 320 g/mol. The fourth-order valence-electron chi connectivity index (χ4n) is 1.77. The highest BCUT2D eigenvalue weighted by atomic mass is 79.9. The highest BCUT2D eigenvalue weighted by Crippen LogP contribution is 2.22. The van der Waals surface area contributed by atoms with Crippen molar-refractivity contribution in [3.05, 3.63) is 58.6 Å². The van der Waals surface area contributed by atoms with Gasteiger partial charge < -0.3 is 10.1 Å². The molecule has 2 aromatic carbocycles. The second-order valence-electron chi connectivity index (χ2n) is 4.33. The van der Waals surface area contributed by atoms with Crippen LogP contribution in [-0.2, 0) is 6.54 Å². The fourth-order valence-corrected chi connectivity index (χ4v) is 2.19. The zero-order chi connectivity index (χ0) is 13.5.